The number of carbonyl (C=O) groups is 2. The summed E-state index contributed by atoms with van der Waals surface area (Å²) in [4.78, 5) is 31.6. The van der Waals surface area contributed by atoms with Gasteiger partial charge in [-0.1, -0.05) is 18.2 Å². The standard InChI is InChI=1S/C33H38FN3O6/c1-33(2,3)43-32(39)37-15-12-27(24(19-37)20-40-26-8-10-29-30(18-26)42-21-41-29)22-7-9-28(34)23(16-22)17-31(38)36-14-11-25-6-4-5-13-35-25/h4-10,13,16,18,24,27H,11-12,14-15,17,19-21H2,1-3H3,(H,36,38)/t24-,27+/m1/s1. The van der Waals surface area contributed by atoms with Gasteiger partial charge in [-0.2, -0.15) is 0 Å². The monoisotopic (exact) mass is 591 g/mol. The Kier molecular flexibility index (Phi) is 9.33. The van der Waals surface area contributed by atoms with Crippen LogP contribution < -0.4 is 19.5 Å². The lowest BCUT2D eigenvalue weighted by atomic mass is 9.80. The first-order chi connectivity index (χ1) is 20.6. The van der Waals surface area contributed by atoms with Gasteiger partial charge in [-0.15, -0.1) is 0 Å². The lowest BCUT2D eigenvalue weighted by Gasteiger charge is -2.39. The normalized spacial score (nSPS) is 17.8. The minimum atomic E-state index is -0.615. The summed E-state index contributed by atoms with van der Waals surface area (Å²) in [5.74, 6) is 1.08. The van der Waals surface area contributed by atoms with Crippen LogP contribution in [0.1, 0.15) is 49.9 Å². The number of benzene rings is 2. The van der Waals surface area contributed by atoms with E-state index < -0.39 is 11.4 Å². The summed E-state index contributed by atoms with van der Waals surface area (Å²) < 4.78 is 37.6. The maximum Gasteiger partial charge on any atom is 0.410 e. The fourth-order valence-corrected chi connectivity index (χ4v) is 5.37. The summed E-state index contributed by atoms with van der Waals surface area (Å²) in [5.41, 5.74) is 1.50. The number of rotatable bonds is 9. The quantitative estimate of drug-likeness (QED) is 0.362. The predicted octanol–water partition coefficient (Wildman–Crippen LogP) is 5.27. The predicted molar refractivity (Wildman–Crippen MR) is 158 cm³/mol. The van der Waals surface area contributed by atoms with Crippen LogP contribution in [0.15, 0.2) is 60.8 Å². The van der Waals surface area contributed by atoms with Gasteiger partial charge in [0.1, 0.15) is 17.2 Å². The average molecular weight is 592 g/mol. The summed E-state index contributed by atoms with van der Waals surface area (Å²) in [6.45, 7) is 7.31. The van der Waals surface area contributed by atoms with Crippen molar-refractivity contribution >= 4 is 12.0 Å². The number of nitrogens with zero attached hydrogens (tertiary/aromatic N) is 2. The second kappa shape index (κ2) is 13.3. The molecule has 9 nitrogen and oxygen atoms in total. The van der Waals surface area contributed by atoms with Crippen LogP contribution in [0.5, 0.6) is 17.2 Å². The van der Waals surface area contributed by atoms with Gasteiger partial charge in [-0.3, -0.25) is 9.78 Å². The first-order valence-corrected chi connectivity index (χ1v) is 14.6. The molecule has 2 aliphatic rings. The molecule has 0 radical (unpaired) electrons. The Morgan fingerprint density at radius 3 is 2.72 bits per heavy atom. The van der Waals surface area contributed by atoms with E-state index in [1.165, 1.54) is 6.07 Å². The van der Waals surface area contributed by atoms with E-state index in [1.54, 1.807) is 35.4 Å². The summed E-state index contributed by atoms with van der Waals surface area (Å²) in [6.07, 6.45) is 2.49. The van der Waals surface area contributed by atoms with E-state index >= 15 is 0 Å². The number of likely N-dealkylation sites (tertiary alicyclic amines) is 1. The summed E-state index contributed by atoms with van der Waals surface area (Å²) in [5, 5.41) is 2.86. The molecule has 0 aliphatic carbocycles. The number of amides is 2. The molecular formula is C33H38FN3O6. The highest BCUT2D eigenvalue weighted by Crippen LogP contribution is 2.38. The number of piperidine rings is 1. The third-order valence-electron chi connectivity index (χ3n) is 7.47. The maximum atomic E-state index is 14.9. The molecule has 2 atom stereocenters. The second-order valence-corrected chi connectivity index (χ2v) is 11.9. The molecule has 2 amide bonds. The van der Waals surface area contributed by atoms with Crippen LogP contribution in [0.2, 0.25) is 0 Å². The number of halogens is 1. The molecule has 3 heterocycles. The molecule has 1 aromatic heterocycles. The van der Waals surface area contributed by atoms with Gasteiger partial charge in [0.25, 0.3) is 0 Å². The van der Waals surface area contributed by atoms with Crippen LogP contribution in [-0.2, 0) is 22.4 Å². The number of pyridine rings is 1. The van der Waals surface area contributed by atoms with Gasteiger partial charge >= 0.3 is 6.09 Å². The van der Waals surface area contributed by atoms with Crippen molar-refractivity contribution in [1.29, 1.82) is 0 Å². The molecule has 10 heteroatoms. The number of hydrogen-bond acceptors (Lipinski definition) is 7. The Morgan fingerprint density at radius 2 is 1.93 bits per heavy atom. The zero-order valence-corrected chi connectivity index (χ0v) is 24.8. The number of hydrogen-bond donors (Lipinski definition) is 1. The topological polar surface area (TPSA) is 99.2 Å². The van der Waals surface area contributed by atoms with Crippen LogP contribution in [-0.4, -0.2) is 60.5 Å². The SMILES string of the molecule is CC(C)(C)OC(=O)N1CC[C@@H](c2ccc(F)c(CC(=O)NCCc3ccccn3)c2)[C@@H](COc2ccc3c(c2)OCO3)C1. The van der Waals surface area contributed by atoms with Gasteiger partial charge < -0.3 is 29.2 Å². The molecule has 0 spiro atoms. The number of nitrogens with one attached hydrogen (secondary N) is 1. The van der Waals surface area contributed by atoms with Crippen LogP contribution in [0.3, 0.4) is 0 Å². The molecular weight excluding hydrogens is 553 g/mol. The van der Waals surface area contributed by atoms with Gasteiger partial charge in [0, 0.05) is 49.9 Å². The first kappa shape index (κ1) is 30.1. The van der Waals surface area contributed by atoms with E-state index in [0.717, 1.165) is 11.3 Å². The summed E-state index contributed by atoms with van der Waals surface area (Å²) >= 11 is 0. The molecule has 5 rings (SSSR count). The van der Waals surface area contributed by atoms with Crippen molar-refractivity contribution in [2.24, 2.45) is 5.92 Å². The van der Waals surface area contributed by atoms with Crippen molar-refractivity contribution in [2.75, 3.05) is 33.0 Å². The second-order valence-electron chi connectivity index (χ2n) is 11.9. The van der Waals surface area contributed by atoms with Gasteiger partial charge in [-0.05, 0) is 74.6 Å². The number of ether oxygens (including phenoxy) is 4. The fourth-order valence-electron chi connectivity index (χ4n) is 5.37. The van der Waals surface area contributed by atoms with Crippen LogP contribution in [0.4, 0.5) is 9.18 Å². The lowest BCUT2D eigenvalue weighted by Crippen LogP contribution is -2.46. The van der Waals surface area contributed by atoms with E-state index in [0.29, 0.717) is 61.9 Å². The van der Waals surface area contributed by atoms with Crippen LogP contribution in [0, 0.1) is 11.7 Å². The fraction of sp³-hybridized carbons (Fsp3) is 0.424. The molecule has 1 N–H and O–H groups in total. The first-order valence-electron chi connectivity index (χ1n) is 14.6. The molecule has 43 heavy (non-hydrogen) atoms. The molecule has 1 saturated heterocycles. The van der Waals surface area contributed by atoms with Gasteiger partial charge in [0.05, 0.1) is 13.0 Å². The molecule has 1 fully saturated rings. The Hall–Kier alpha value is -4.34. The molecule has 0 unspecified atom stereocenters. The number of fused-ring (bicyclic) bond motifs is 1. The van der Waals surface area contributed by atoms with E-state index in [4.69, 9.17) is 18.9 Å². The van der Waals surface area contributed by atoms with E-state index in [1.807, 2.05) is 45.0 Å². The van der Waals surface area contributed by atoms with Crippen LogP contribution >= 0.6 is 0 Å². The minimum Gasteiger partial charge on any atom is -0.493 e. The largest absolute Gasteiger partial charge is 0.493 e. The molecule has 2 aliphatic heterocycles. The molecule has 0 saturated carbocycles. The lowest BCUT2D eigenvalue weighted by molar-refractivity contribution is -0.120. The van der Waals surface area contributed by atoms with Crippen molar-refractivity contribution in [1.82, 2.24) is 15.2 Å². The molecule has 228 valence electrons. The Labute approximate surface area is 251 Å². The highest BCUT2D eigenvalue weighted by atomic mass is 19.1. The summed E-state index contributed by atoms with van der Waals surface area (Å²) in [7, 11) is 0. The van der Waals surface area contributed by atoms with Gasteiger partial charge in [0.15, 0.2) is 11.5 Å². The molecule has 3 aromatic rings. The molecule has 0 bridgehead atoms. The minimum absolute atomic E-state index is 0.0285. The Bertz CT molecular complexity index is 1430. The third kappa shape index (κ3) is 8.15. The van der Waals surface area contributed by atoms with E-state index in [-0.39, 0.29) is 37.0 Å². The number of carbonyl (C=O) groups excluding carboxylic acids is 2. The van der Waals surface area contributed by atoms with Gasteiger partial charge in [0.2, 0.25) is 12.7 Å². The Balaban J connectivity index is 1.28. The van der Waals surface area contributed by atoms with Crippen molar-refractivity contribution in [2.45, 2.75) is 51.6 Å². The highest BCUT2D eigenvalue weighted by molar-refractivity contribution is 5.78. The van der Waals surface area contributed by atoms with Crippen molar-refractivity contribution in [3.8, 4) is 17.2 Å². The average Bonchev–Trinajstić information content (AvgIpc) is 3.45. The van der Waals surface area contributed by atoms with E-state index in [2.05, 4.69) is 10.3 Å². The van der Waals surface area contributed by atoms with Crippen molar-refractivity contribution in [3.63, 3.8) is 0 Å². The van der Waals surface area contributed by atoms with Crippen molar-refractivity contribution in [3.05, 3.63) is 83.4 Å². The zero-order valence-electron chi connectivity index (χ0n) is 24.8. The zero-order chi connectivity index (χ0) is 30.4. The molecule has 2 aromatic carbocycles. The van der Waals surface area contributed by atoms with Crippen molar-refractivity contribution < 1.29 is 32.9 Å². The highest BCUT2D eigenvalue weighted by Gasteiger charge is 2.35. The summed E-state index contributed by atoms with van der Waals surface area (Å²) in [6, 6.07) is 16.0. The number of aromatic nitrogens is 1. The Morgan fingerprint density at radius 1 is 1.09 bits per heavy atom. The smallest absolute Gasteiger partial charge is 0.410 e. The maximum absolute atomic E-state index is 14.9. The van der Waals surface area contributed by atoms with Crippen LogP contribution in [0.25, 0.3) is 0 Å². The van der Waals surface area contributed by atoms with E-state index in [9.17, 15) is 14.0 Å². The third-order valence-corrected chi connectivity index (χ3v) is 7.47. The van der Waals surface area contributed by atoms with Gasteiger partial charge in [-0.25, -0.2) is 9.18 Å².